The number of rotatable bonds is 4. The number of halogens is 1. The number of nitrogens with one attached hydrogen (secondary N) is 1. The molecule has 0 saturated carbocycles. The first kappa shape index (κ1) is 13.7. The molecule has 0 saturated heterocycles. The van der Waals surface area contributed by atoms with Crippen LogP contribution in [0.1, 0.15) is 17.3 Å². The average Bonchev–Trinajstić information content (AvgIpc) is 2.31. The minimum absolute atomic E-state index is 0.0214. The Hall–Kier alpha value is -2.37. The predicted molar refractivity (Wildman–Crippen MR) is 62.9 cm³/mol. The highest BCUT2D eigenvalue weighted by atomic mass is 19.1. The number of carbonyl (C=O) groups excluding carboxylic acids is 2. The lowest BCUT2D eigenvalue weighted by Gasteiger charge is -2.07. The SMILES string of the molecule is C=C(F)C(=O)Nc1ccc(C(=O)OCC)cc1O. The number of aromatic hydroxyl groups is 1. The summed E-state index contributed by atoms with van der Waals surface area (Å²) in [6.07, 6.45) is 0. The van der Waals surface area contributed by atoms with Gasteiger partial charge in [-0.25, -0.2) is 9.18 Å². The van der Waals surface area contributed by atoms with Crippen LogP contribution in [0.4, 0.5) is 10.1 Å². The molecule has 96 valence electrons. The van der Waals surface area contributed by atoms with Crippen molar-refractivity contribution in [2.45, 2.75) is 6.92 Å². The van der Waals surface area contributed by atoms with E-state index in [1.54, 1.807) is 6.92 Å². The highest BCUT2D eigenvalue weighted by molar-refractivity contribution is 6.03. The molecule has 0 fully saturated rings. The molecule has 0 aromatic heterocycles. The van der Waals surface area contributed by atoms with Crippen molar-refractivity contribution in [1.82, 2.24) is 0 Å². The van der Waals surface area contributed by atoms with Crippen LogP contribution in [-0.2, 0) is 9.53 Å². The van der Waals surface area contributed by atoms with Crippen LogP contribution in [0, 0.1) is 0 Å². The maximum Gasteiger partial charge on any atom is 0.338 e. The van der Waals surface area contributed by atoms with Gasteiger partial charge in [-0.1, -0.05) is 6.58 Å². The summed E-state index contributed by atoms with van der Waals surface area (Å²) in [5.74, 6) is -3.20. The molecule has 0 aliphatic rings. The number of hydrogen-bond acceptors (Lipinski definition) is 4. The van der Waals surface area contributed by atoms with Gasteiger partial charge in [-0.05, 0) is 25.1 Å². The molecular weight excluding hydrogens is 241 g/mol. The molecular formula is C12H12FNO4. The Morgan fingerprint density at radius 3 is 2.67 bits per heavy atom. The second kappa shape index (κ2) is 5.81. The van der Waals surface area contributed by atoms with E-state index in [0.29, 0.717) is 0 Å². The normalized spacial score (nSPS) is 9.67. The highest BCUT2D eigenvalue weighted by Crippen LogP contribution is 2.25. The van der Waals surface area contributed by atoms with Gasteiger partial charge in [0.05, 0.1) is 17.9 Å². The summed E-state index contributed by atoms with van der Waals surface area (Å²) in [5.41, 5.74) is 0.110. The maximum absolute atomic E-state index is 12.5. The molecule has 0 radical (unpaired) electrons. The Bertz CT molecular complexity index is 499. The number of esters is 1. The van der Waals surface area contributed by atoms with Crippen molar-refractivity contribution >= 4 is 17.6 Å². The summed E-state index contributed by atoms with van der Waals surface area (Å²) < 4.78 is 17.2. The second-order valence-electron chi connectivity index (χ2n) is 3.31. The van der Waals surface area contributed by atoms with E-state index in [1.807, 2.05) is 0 Å². The van der Waals surface area contributed by atoms with E-state index in [4.69, 9.17) is 4.74 Å². The van der Waals surface area contributed by atoms with Crippen molar-refractivity contribution in [3.05, 3.63) is 36.2 Å². The summed E-state index contributed by atoms with van der Waals surface area (Å²) in [5, 5.41) is 11.7. The third-order valence-corrected chi connectivity index (χ3v) is 2.00. The number of phenolic OH excluding ortho intramolecular Hbond substituents is 1. The highest BCUT2D eigenvalue weighted by Gasteiger charge is 2.13. The number of anilines is 1. The van der Waals surface area contributed by atoms with Gasteiger partial charge in [0.2, 0.25) is 0 Å². The fourth-order valence-electron chi connectivity index (χ4n) is 1.17. The molecule has 1 aromatic rings. The third-order valence-electron chi connectivity index (χ3n) is 2.00. The topological polar surface area (TPSA) is 75.6 Å². The average molecular weight is 253 g/mol. The van der Waals surface area contributed by atoms with E-state index in [2.05, 4.69) is 11.9 Å². The summed E-state index contributed by atoms with van der Waals surface area (Å²) >= 11 is 0. The van der Waals surface area contributed by atoms with E-state index in [1.165, 1.54) is 12.1 Å². The van der Waals surface area contributed by atoms with Gasteiger partial charge in [0.25, 0.3) is 5.91 Å². The summed E-state index contributed by atoms with van der Waals surface area (Å²) in [6.45, 7) is 4.68. The van der Waals surface area contributed by atoms with Gasteiger partial charge in [-0.2, -0.15) is 0 Å². The zero-order valence-corrected chi connectivity index (χ0v) is 9.70. The van der Waals surface area contributed by atoms with Crippen molar-refractivity contribution in [3.63, 3.8) is 0 Å². The first-order valence-electron chi connectivity index (χ1n) is 5.11. The van der Waals surface area contributed by atoms with Crippen LogP contribution in [0.25, 0.3) is 0 Å². The number of benzene rings is 1. The number of ether oxygens (including phenoxy) is 1. The smallest absolute Gasteiger partial charge is 0.338 e. The molecule has 0 bridgehead atoms. The Labute approximate surface area is 103 Å². The van der Waals surface area contributed by atoms with Crippen molar-refractivity contribution < 1.29 is 23.8 Å². The third kappa shape index (κ3) is 3.31. The standard InChI is InChI=1S/C12H12FNO4/c1-3-18-12(17)8-4-5-9(10(15)6-8)14-11(16)7(2)13/h4-6,15H,2-3H2,1H3,(H,14,16). The van der Waals surface area contributed by atoms with Crippen molar-refractivity contribution in [3.8, 4) is 5.75 Å². The predicted octanol–water partition coefficient (Wildman–Crippen LogP) is 1.99. The quantitative estimate of drug-likeness (QED) is 0.489. The summed E-state index contributed by atoms with van der Waals surface area (Å²) in [7, 11) is 0. The molecule has 2 N–H and O–H groups in total. The molecule has 0 unspecified atom stereocenters. The lowest BCUT2D eigenvalue weighted by atomic mass is 10.2. The molecule has 0 spiro atoms. The first-order chi connectivity index (χ1) is 8.45. The van der Waals surface area contributed by atoms with Gasteiger partial charge in [0.15, 0.2) is 5.83 Å². The monoisotopic (exact) mass is 253 g/mol. The molecule has 1 amide bonds. The Balaban J connectivity index is 2.89. The van der Waals surface area contributed by atoms with Gasteiger partial charge >= 0.3 is 5.97 Å². The van der Waals surface area contributed by atoms with E-state index in [9.17, 15) is 19.1 Å². The van der Waals surface area contributed by atoms with Crippen molar-refractivity contribution in [2.75, 3.05) is 11.9 Å². The lowest BCUT2D eigenvalue weighted by Crippen LogP contribution is -2.12. The van der Waals surface area contributed by atoms with Crippen LogP contribution in [0.2, 0.25) is 0 Å². The number of phenols is 1. The summed E-state index contributed by atoms with van der Waals surface area (Å²) in [4.78, 5) is 22.3. The minimum atomic E-state index is -1.18. The molecule has 0 heterocycles. The van der Waals surface area contributed by atoms with Crippen LogP contribution in [0.15, 0.2) is 30.6 Å². The summed E-state index contributed by atoms with van der Waals surface area (Å²) in [6, 6.07) is 3.73. The molecule has 18 heavy (non-hydrogen) atoms. The van der Waals surface area contributed by atoms with Gasteiger partial charge in [-0.15, -0.1) is 0 Å². The van der Waals surface area contributed by atoms with Gasteiger partial charge in [0.1, 0.15) is 5.75 Å². The molecule has 0 aliphatic carbocycles. The van der Waals surface area contributed by atoms with Gasteiger partial charge in [-0.3, -0.25) is 4.79 Å². The first-order valence-corrected chi connectivity index (χ1v) is 5.11. The zero-order valence-electron chi connectivity index (χ0n) is 9.70. The Kier molecular flexibility index (Phi) is 4.42. The van der Waals surface area contributed by atoms with Gasteiger partial charge < -0.3 is 15.2 Å². The zero-order chi connectivity index (χ0) is 13.7. The largest absolute Gasteiger partial charge is 0.506 e. The molecule has 0 aliphatic heterocycles. The fourth-order valence-corrected chi connectivity index (χ4v) is 1.17. The molecule has 5 nitrogen and oxygen atoms in total. The molecule has 6 heteroatoms. The maximum atomic E-state index is 12.5. The van der Waals surface area contributed by atoms with E-state index < -0.39 is 17.7 Å². The number of amides is 1. The number of carbonyl (C=O) groups is 2. The minimum Gasteiger partial charge on any atom is -0.506 e. The van der Waals surface area contributed by atoms with Crippen LogP contribution in [-0.4, -0.2) is 23.6 Å². The lowest BCUT2D eigenvalue weighted by molar-refractivity contribution is -0.114. The Morgan fingerprint density at radius 1 is 1.50 bits per heavy atom. The van der Waals surface area contributed by atoms with E-state index >= 15 is 0 Å². The van der Waals surface area contributed by atoms with Crippen LogP contribution >= 0.6 is 0 Å². The van der Waals surface area contributed by atoms with Crippen LogP contribution in [0.3, 0.4) is 0 Å². The van der Waals surface area contributed by atoms with Crippen molar-refractivity contribution in [2.24, 2.45) is 0 Å². The second-order valence-corrected chi connectivity index (χ2v) is 3.31. The fraction of sp³-hybridized carbons (Fsp3) is 0.167. The van der Waals surface area contributed by atoms with Crippen molar-refractivity contribution in [1.29, 1.82) is 0 Å². The van der Waals surface area contributed by atoms with Crippen LogP contribution < -0.4 is 5.32 Å². The number of hydrogen-bond donors (Lipinski definition) is 2. The molecule has 1 rings (SSSR count). The van der Waals surface area contributed by atoms with E-state index in [-0.39, 0.29) is 23.6 Å². The Morgan fingerprint density at radius 2 is 2.17 bits per heavy atom. The molecule has 1 aromatic carbocycles. The van der Waals surface area contributed by atoms with Crippen LogP contribution in [0.5, 0.6) is 5.75 Å². The van der Waals surface area contributed by atoms with Gasteiger partial charge in [0, 0.05) is 0 Å². The van der Waals surface area contributed by atoms with E-state index in [0.717, 1.165) is 6.07 Å². The molecule has 0 atom stereocenters.